The van der Waals surface area contributed by atoms with Crippen molar-refractivity contribution >= 4 is 0 Å². The van der Waals surface area contributed by atoms with E-state index in [0.29, 0.717) is 0 Å². The van der Waals surface area contributed by atoms with Gasteiger partial charge < -0.3 is 34.8 Å². The minimum atomic E-state index is -1.44. The molecule has 0 saturated carbocycles. The van der Waals surface area contributed by atoms with Crippen LogP contribution in [0, 0.1) is 0 Å². The Labute approximate surface area is 103 Å². The molecular formula is C10H16N2O6. The van der Waals surface area contributed by atoms with E-state index < -0.39 is 37.3 Å². The van der Waals surface area contributed by atoms with E-state index in [1.54, 1.807) is 0 Å². The van der Waals surface area contributed by atoms with E-state index >= 15 is 0 Å². The molecular weight excluding hydrogens is 244 g/mol. The van der Waals surface area contributed by atoms with Crippen molar-refractivity contribution < 1.29 is 30.3 Å². The molecule has 0 unspecified atom stereocenters. The molecule has 1 aromatic heterocycles. The second kappa shape index (κ2) is 4.92. The number of ether oxygens (including phenoxy) is 1. The van der Waals surface area contributed by atoms with Gasteiger partial charge in [-0.1, -0.05) is 0 Å². The predicted molar refractivity (Wildman–Crippen MR) is 57.3 cm³/mol. The molecule has 0 aromatic carbocycles. The fourth-order valence-corrected chi connectivity index (χ4v) is 2.08. The van der Waals surface area contributed by atoms with Crippen molar-refractivity contribution in [1.29, 1.82) is 0 Å². The van der Waals surface area contributed by atoms with Gasteiger partial charge in [-0.05, 0) is 0 Å². The van der Waals surface area contributed by atoms with Crippen LogP contribution in [0.1, 0.15) is 30.0 Å². The average molecular weight is 260 g/mol. The molecule has 2 heterocycles. The summed E-state index contributed by atoms with van der Waals surface area (Å²) in [5, 5.41) is 47.9. The molecule has 5 atom stereocenters. The predicted octanol–water partition coefficient (Wildman–Crippen LogP) is -2.18. The van der Waals surface area contributed by atoms with Gasteiger partial charge in [0.15, 0.2) is 6.29 Å². The van der Waals surface area contributed by atoms with Crippen molar-refractivity contribution in [2.45, 2.75) is 30.6 Å². The summed E-state index contributed by atoms with van der Waals surface area (Å²) >= 11 is 0. The van der Waals surface area contributed by atoms with Crippen LogP contribution in [0.25, 0.3) is 0 Å². The SMILES string of the molecule is CO[C@H](O)c1cn2c(n1)[C@H](O)[C@@H](O)[C@H](O)[C@H]2CO. The van der Waals surface area contributed by atoms with Crippen LogP contribution >= 0.6 is 0 Å². The van der Waals surface area contributed by atoms with Crippen molar-refractivity contribution in [2.75, 3.05) is 13.7 Å². The molecule has 0 fully saturated rings. The molecule has 5 N–H and O–H groups in total. The number of aliphatic hydroxyl groups excluding tert-OH is 5. The van der Waals surface area contributed by atoms with Gasteiger partial charge in [-0.15, -0.1) is 0 Å². The summed E-state index contributed by atoms with van der Waals surface area (Å²) in [5.41, 5.74) is 0.131. The molecule has 8 nitrogen and oxygen atoms in total. The fraction of sp³-hybridized carbons (Fsp3) is 0.700. The van der Waals surface area contributed by atoms with E-state index in [1.807, 2.05) is 0 Å². The molecule has 1 aliphatic heterocycles. The van der Waals surface area contributed by atoms with Crippen LogP contribution in [-0.4, -0.2) is 61.0 Å². The molecule has 8 heteroatoms. The Morgan fingerprint density at radius 1 is 1.39 bits per heavy atom. The number of hydrogen-bond acceptors (Lipinski definition) is 7. The number of nitrogens with zero attached hydrogens (tertiary/aromatic N) is 2. The second-order valence-electron chi connectivity index (χ2n) is 4.20. The molecule has 1 aliphatic rings. The van der Waals surface area contributed by atoms with Crippen LogP contribution in [0.2, 0.25) is 0 Å². The van der Waals surface area contributed by atoms with Gasteiger partial charge in [-0.25, -0.2) is 4.98 Å². The van der Waals surface area contributed by atoms with Gasteiger partial charge in [-0.2, -0.15) is 0 Å². The highest BCUT2D eigenvalue weighted by molar-refractivity contribution is 5.15. The van der Waals surface area contributed by atoms with Crippen molar-refractivity contribution in [3.63, 3.8) is 0 Å². The number of aromatic nitrogens is 2. The van der Waals surface area contributed by atoms with Crippen molar-refractivity contribution in [3.05, 3.63) is 17.7 Å². The molecule has 0 aliphatic carbocycles. The normalized spacial score (nSPS) is 33.2. The summed E-state index contributed by atoms with van der Waals surface area (Å²) in [6.45, 7) is -0.434. The van der Waals surface area contributed by atoms with Crippen LogP contribution in [-0.2, 0) is 4.74 Å². The number of fused-ring (bicyclic) bond motifs is 1. The smallest absolute Gasteiger partial charge is 0.199 e. The molecule has 0 radical (unpaired) electrons. The van der Waals surface area contributed by atoms with Crippen molar-refractivity contribution in [3.8, 4) is 0 Å². The monoisotopic (exact) mass is 260 g/mol. The lowest BCUT2D eigenvalue weighted by Gasteiger charge is -2.35. The summed E-state index contributed by atoms with van der Waals surface area (Å²) in [7, 11) is 1.28. The Hall–Kier alpha value is -1.03. The first kappa shape index (κ1) is 13.4. The van der Waals surface area contributed by atoms with Gasteiger partial charge in [0.2, 0.25) is 0 Å². The number of hydrogen-bond donors (Lipinski definition) is 5. The largest absolute Gasteiger partial charge is 0.394 e. The number of rotatable bonds is 3. The summed E-state index contributed by atoms with van der Waals surface area (Å²) in [6.07, 6.45) is -4.06. The van der Waals surface area contributed by atoms with Crippen LogP contribution < -0.4 is 0 Å². The molecule has 0 spiro atoms. The van der Waals surface area contributed by atoms with Crippen LogP contribution in [0.4, 0.5) is 0 Å². The topological polar surface area (TPSA) is 128 Å². The van der Waals surface area contributed by atoms with E-state index in [0.717, 1.165) is 0 Å². The molecule has 18 heavy (non-hydrogen) atoms. The maximum atomic E-state index is 9.78. The third-order valence-electron chi connectivity index (χ3n) is 3.13. The summed E-state index contributed by atoms with van der Waals surface area (Å²) in [5.74, 6) is 0.0675. The summed E-state index contributed by atoms with van der Waals surface area (Å²) < 4.78 is 6.02. The minimum absolute atomic E-state index is 0.0675. The highest BCUT2D eigenvalue weighted by atomic mass is 16.6. The fourth-order valence-electron chi connectivity index (χ4n) is 2.08. The maximum absolute atomic E-state index is 9.78. The van der Waals surface area contributed by atoms with Crippen molar-refractivity contribution in [1.82, 2.24) is 9.55 Å². The lowest BCUT2D eigenvalue weighted by molar-refractivity contribution is -0.108. The first-order chi connectivity index (χ1) is 8.51. The first-order valence-electron chi connectivity index (χ1n) is 5.45. The van der Waals surface area contributed by atoms with Gasteiger partial charge >= 0.3 is 0 Å². The average Bonchev–Trinajstić information content (AvgIpc) is 2.81. The Balaban J connectivity index is 2.44. The highest BCUT2D eigenvalue weighted by Crippen LogP contribution is 2.33. The van der Waals surface area contributed by atoms with Gasteiger partial charge in [0, 0.05) is 13.3 Å². The molecule has 2 rings (SSSR count). The number of methoxy groups -OCH3 is 1. The van der Waals surface area contributed by atoms with Gasteiger partial charge in [-0.3, -0.25) is 0 Å². The van der Waals surface area contributed by atoms with Crippen LogP contribution in [0.3, 0.4) is 0 Å². The Morgan fingerprint density at radius 2 is 2.06 bits per heavy atom. The van der Waals surface area contributed by atoms with Gasteiger partial charge in [0.25, 0.3) is 0 Å². The molecule has 0 amide bonds. The molecule has 1 aromatic rings. The number of aliphatic hydroxyl groups is 5. The molecule has 102 valence electrons. The zero-order valence-electron chi connectivity index (χ0n) is 9.71. The zero-order chi connectivity index (χ0) is 13.4. The maximum Gasteiger partial charge on any atom is 0.199 e. The van der Waals surface area contributed by atoms with E-state index in [4.69, 9.17) is 0 Å². The van der Waals surface area contributed by atoms with E-state index in [1.165, 1.54) is 17.9 Å². The zero-order valence-corrected chi connectivity index (χ0v) is 9.71. The Morgan fingerprint density at radius 3 is 2.61 bits per heavy atom. The van der Waals surface area contributed by atoms with Crippen LogP contribution in [0.5, 0.6) is 0 Å². The number of imidazole rings is 1. The third kappa shape index (κ3) is 1.92. The lowest BCUT2D eigenvalue weighted by Crippen LogP contribution is -2.46. The minimum Gasteiger partial charge on any atom is -0.394 e. The first-order valence-corrected chi connectivity index (χ1v) is 5.45. The Kier molecular flexibility index (Phi) is 3.66. The third-order valence-corrected chi connectivity index (χ3v) is 3.13. The second-order valence-corrected chi connectivity index (χ2v) is 4.20. The lowest BCUT2D eigenvalue weighted by atomic mass is 9.96. The standard InChI is InChI=1S/C10H16N2O6/c1-18-10(17)4-2-12-5(3-13)6(14)7(15)8(16)9(12)11-4/h2,5-8,10,13-17H,3H2,1H3/t5-,6-,7+,8-,10+/m1/s1. The van der Waals surface area contributed by atoms with Crippen molar-refractivity contribution in [2.24, 2.45) is 0 Å². The van der Waals surface area contributed by atoms with E-state index in [-0.39, 0.29) is 11.5 Å². The van der Waals surface area contributed by atoms with Crippen LogP contribution in [0.15, 0.2) is 6.20 Å². The van der Waals surface area contributed by atoms with E-state index in [9.17, 15) is 25.5 Å². The van der Waals surface area contributed by atoms with Gasteiger partial charge in [0.05, 0.1) is 12.6 Å². The molecule has 0 bridgehead atoms. The van der Waals surface area contributed by atoms with Gasteiger partial charge in [0.1, 0.15) is 29.8 Å². The highest BCUT2D eigenvalue weighted by Gasteiger charge is 2.41. The van der Waals surface area contributed by atoms with E-state index in [2.05, 4.69) is 9.72 Å². The summed E-state index contributed by atoms with van der Waals surface area (Å²) in [6, 6.07) is -0.830. The molecule has 0 saturated heterocycles. The Bertz CT molecular complexity index is 423. The quantitative estimate of drug-likeness (QED) is 0.391. The summed E-state index contributed by atoms with van der Waals surface area (Å²) in [4.78, 5) is 3.94.